The van der Waals surface area contributed by atoms with Gasteiger partial charge in [0, 0.05) is 19.8 Å². The van der Waals surface area contributed by atoms with Gasteiger partial charge in [0.15, 0.2) is 17.6 Å². The number of ether oxygens (including phenoxy) is 5. The Bertz CT molecular complexity index is 502. The zero-order valence-corrected chi connectivity index (χ0v) is 13.4. The normalized spacial score (nSPS) is 11.8. The molecule has 23 heavy (non-hydrogen) atoms. The summed E-state index contributed by atoms with van der Waals surface area (Å²) < 4.78 is 26.2. The van der Waals surface area contributed by atoms with Crippen LogP contribution in [0.1, 0.15) is 11.7 Å². The maximum Gasteiger partial charge on any atom is 0.337 e. The lowest BCUT2D eigenvalue weighted by molar-refractivity contribution is -0.147. The topological polar surface area (TPSA) is 104 Å². The van der Waals surface area contributed by atoms with Gasteiger partial charge in [-0.1, -0.05) is 0 Å². The maximum atomic E-state index is 11.1. The summed E-state index contributed by atoms with van der Waals surface area (Å²) in [5, 5.41) is 18.9. The minimum Gasteiger partial charge on any atom is -0.493 e. The van der Waals surface area contributed by atoms with Crippen LogP contribution in [0.3, 0.4) is 0 Å². The van der Waals surface area contributed by atoms with Gasteiger partial charge < -0.3 is 33.9 Å². The predicted molar refractivity (Wildman–Crippen MR) is 80.3 cm³/mol. The molecule has 0 saturated heterocycles. The quantitative estimate of drug-likeness (QED) is 0.576. The van der Waals surface area contributed by atoms with E-state index in [1.165, 1.54) is 33.5 Å². The second-order valence-corrected chi connectivity index (χ2v) is 4.44. The summed E-state index contributed by atoms with van der Waals surface area (Å²) >= 11 is 0. The molecule has 1 rings (SSSR count). The molecule has 0 spiro atoms. The highest BCUT2D eigenvalue weighted by Gasteiger charge is 2.26. The van der Waals surface area contributed by atoms with Gasteiger partial charge in [0.05, 0.1) is 20.3 Å². The van der Waals surface area contributed by atoms with Gasteiger partial charge in [0.25, 0.3) is 0 Å². The molecule has 2 N–H and O–H groups in total. The molecule has 0 aliphatic heterocycles. The monoisotopic (exact) mass is 330 g/mol. The van der Waals surface area contributed by atoms with Crippen molar-refractivity contribution in [3.05, 3.63) is 17.7 Å². The van der Waals surface area contributed by atoms with E-state index < -0.39 is 12.1 Å². The summed E-state index contributed by atoms with van der Waals surface area (Å²) in [5.74, 6) is -0.727. The predicted octanol–water partition coefficient (Wildman–Crippen LogP) is 0.864. The Morgan fingerprint density at radius 2 is 1.57 bits per heavy atom. The Balaban J connectivity index is 3.22. The molecular weight excluding hydrogens is 308 g/mol. The van der Waals surface area contributed by atoms with E-state index in [0.29, 0.717) is 12.4 Å². The van der Waals surface area contributed by atoms with Crippen molar-refractivity contribution < 1.29 is 38.7 Å². The Kier molecular flexibility index (Phi) is 8.17. The molecular formula is C15H22O8. The molecule has 1 aromatic rings. The average Bonchev–Trinajstić information content (AvgIpc) is 2.55. The van der Waals surface area contributed by atoms with Crippen LogP contribution in [0.4, 0.5) is 0 Å². The van der Waals surface area contributed by atoms with Crippen molar-refractivity contribution in [1.29, 1.82) is 0 Å². The Morgan fingerprint density at radius 3 is 2.04 bits per heavy atom. The van der Waals surface area contributed by atoms with Crippen LogP contribution < -0.4 is 14.2 Å². The molecule has 130 valence electrons. The van der Waals surface area contributed by atoms with Crippen LogP contribution in [0.5, 0.6) is 17.2 Å². The van der Waals surface area contributed by atoms with Crippen LogP contribution in [0.25, 0.3) is 0 Å². The fourth-order valence-electron chi connectivity index (χ4n) is 1.81. The van der Waals surface area contributed by atoms with Crippen molar-refractivity contribution in [2.75, 3.05) is 47.8 Å². The zero-order chi connectivity index (χ0) is 17.2. The summed E-state index contributed by atoms with van der Waals surface area (Å²) in [4.78, 5) is 11.1. The minimum absolute atomic E-state index is 0.0711. The lowest BCUT2D eigenvalue weighted by Gasteiger charge is -2.20. The first kappa shape index (κ1) is 19.0. The van der Waals surface area contributed by atoms with Crippen LogP contribution in [0.15, 0.2) is 12.1 Å². The highest BCUT2D eigenvalue weighted by atomic mass is 16.6. The van der Waals surface area contributed by atoms with Gasteiger partial charge in [0.2, 0.25) is 5.75 Å². The number of carbonyl (C=O) groups is 1. The van der Waals surface area contributed by atoms with Crippen molar-refractivity contribution in [2.24, 2.45) is 0 Å². The summed E-state index contributed by atoms with van der Waals surface area (Å²) in [7, 11) is 4.49. The average molecular weight is 330 g/mol. The van der Waals surface area contributed by atoms with Crippen molar-refractivity contribution in [1.82, 2.24) is 0 Å². The van der Waals surface area contributed by atoms with Crippen LogP contribution in [0, 0.1) is 0 Å². The van der Waals surface area contributed by atoms with E-state index in [2.05, 4.69) is 0 Å². The van der Waals surface area contributed by atoms with Crippen LogP contribution in [-0.2, 0) is 14.3 Å². The Morgan fingerprint density at radius 1 is 1.00 bits per heavy atom. The van der Waals surface area contributed by atoms with Crippen LogP contribution in [-0.4, -0.2) is 63.9 Å². The van der Waals surface area contributed by atoms with E-state index in [1.807, 2.05) is 0 Å². The zero-order valence-electron chi connectivity index (χ0n) is 13.4. The van der Waals surface area contributed by atoms with Crippen molar-refractivity contribution in [3.63, 3.8) is 0 Å². The number of hydrogen-bond acceptors (Lipinski definition) is 7. The Labute approximate surface area is 134 Å². The SMILES string of the molecule is COCCOc1c(OC)ccc(C(O)C(=O)O)c1OCCOC. The number of aliphatic hydroxyl groups is 1. The third-order valence-electron chi connectivity index (χ3n) is 2.92. The molecule has 0 fully saturated rings. The molecule has 0 aliphatic carbocycles. The summed E-state index contributed by atoms with van der Waals surface area (Å²) in [6.07, 6.45) is -1.75. The highest BCUT2D eigenvalue weighted by Crippen LogP contribution is 2.42. The Hall–Kier alpha value is -2.03. The first-order valence-electron chi connectivity index (χ1n) is 6.92. The largest absolute Gasteiger partial charge is 0.493 e. The summed E-state index contributed by atoms with van der Waals surface area (Å²) in [5.41, 5.74) is 0.0711. The molecule has 0 heterocycles. The summed E-state index contributed by atoms with van der Waals surface area (Å²) in [6.45, 7) is 0.980. The molecule has 1 unspecified atom stereocenters. The number of methoxy groups -OCH3 is 3. The van der Waals surface area contributed by atoms with Gasteiger partial charge in [-0.25, -0.2) is 4.79 Å². The van der Waals surface area contributed by atoms with Gasteiger partial charge in [-0.3, -0.25) is 0 Å². The summed E-state index contributed by atoms with van der Waals surface area (Å²) in [6, 6.07) is 2.93. The number of carboxylic acids is 1. The van der Waals surface area contributed by atoms with Crippen molar-refractivity contribution >= 4 is 5.97 Å². The number of hydrogen-bond donors (Lipinski definition) is 2. The molecule has 0 aromatic heterocycles. The fraction of sp³-hybridized carbons (Fsp3) is 0.533. The van der Waals surface area contributed by atoms with Gasteiger partial charge in [-0.15, -0.1) is 0 Å². The van der Waals surface area contributed by atoms with Crippen LogP contribution in [0.2, 0.25) is 0 Å². The van der Waals surface area contributed by atoms with E-state index in [4.69, 9.17) is 28.8 Å². The fourth-order valence-corrected chi connectivity index (χ4v) is 1.81. The number of rotatable bonds is 11. The molecule has 0 saturated carbocycles. The molecule has 8 heteroatoms. The molecule has 0 bridgehead atoms. The molecule has 0 aliphatic rings. The molecule has 0 radical (unpaired) electrons. The third kappa shape index (κ3) is 5.27. The lowest BCUT2D eigenvalue weighted by atomic mass is 10.1. The number of aliphatic hydroxyl groups excluding tert-OH is 1. The first-order chi connectivity index (χ1) is 11.1. The molecule has 1 atom stereocenters. The van der Waals surface area contributed by atoms with E-state index in [0.717, 1.165) is 0 Å². The molecule has 8 nitrogen and oxygen atoms in total. The van der Waals surface area contributed by atoms with E-state index >= 15 is 0 Å². The third-order valence-corrected chi connectivity index (χ3v) is 2.92. The minimum atomic E-state index is -1.75. The van der Waals surface area contributed by atoms with Crippen molar-refractivity contribution in [3.8, 4) is 17.2 Å². The second kappa shape index (κ2) is 9.88. The molecule has 1 aromatic carbocycles. The van der Waals surface area contributed by atoms with Gasteiger partial charge in [-0.2, -0.15) is 0 Å². The van der Waals surface area contributed by atoms with Gasteiger partial charge in [0.1, 0.15) is 13.2 Å². The highest BCUT2D eigenvalue weighted by molar-refractivity contribution is 5.76. The van der Waals surface area contributed by atoms with E-state index in [1.54, 1.807) is 0 Å². The van der Waals surface area contributed by atoms with Crippen molar-refractivity contribution in [2.45, 2.75) is 6.10 Å². The number of aliphatic carboxylic acids is 1. The smallest absolute Gasteiger partial charge is 0.337 e. The number of carboxylic acid groups (broad SMARTS) is 1. The standard InChI is InChI=1S/C15H22O8/c1-19-6-8-22-13-10(12(16)15(17)18)4-5-11(21-3)14(13)23-9-7-20-2/h4-5,12,16H,6-9H2,1-3H3,(H,17,18). The first-order valence-corrected chi connectivity index (χ1v) is 6.92. The maximum absolute atomic E-state index is 11.1. The second-order valence-electron chi connectivity index (χ2n) is 4.44. The van der Waals surface area contributed by atoms with Gasteiger partial charge in [-0.05, 0) is 12.1 Å². The van der Waals surface area contributed by atoms with Gasteiger partial charge >= 0.3 is 5.97 Å². The van der Waals surface area contributed by atoms with Crippen LogP contribution >= 0.6 is 0 Å². The van der Waals surface area contributed by atoms with E-state index in [-0.39, 0.29) is 36.9 Å². The molecule has 0 amide bonds. The lowest BCUT2D eigenvalue weighted by Crippen LogP contribution is -2.15. The van der Waals surface area contributed by atoms with E-state index in [9.17, 15) is 9.90 Å². The number of benzene rings is 1.